The quantitative estimate of drug-likeness (QED) is 0.588. The molecule has 0 fully saturated rings. The Morgan fingerprint density at radius 3 is 2.74 bits per heavy atom. The molecule has 0 saturated carbocycles. The number of thioether (sulfide) groups is 1. The van der Waals surface area contributed by atoms with Crippen LogP contribution in [0.4, 0.5) is 5.69 Å². The zero-order chi connectivity index (χ0) is 19.2. The predicted molar refractivity (Wildman–Crippen MR) is 109 cm³/mol. The highest BCUT2D eigenvalue weighted by Gasteiger charge is 2.22. The van der Waals surface area contributed by atoms with Gasteiger partial charge >= 0.3 is 0 Å². The van der Waals surface area contributed by atoms with Crippen molar-refractivity contribution in [3.8, 4) is 0 Å². The summed E-state index contributed by atoms with van der Waals surface area (Å²) in [6, 6.07) is 13.4. The molecule has 0 bridgehead atoms. The van der Waals surface area contributed by atoms with Gasteiger partial charge in [-0.05, 0) is 43.2 Å². The van der Waals surface area contributed by atoms with Crippen LogP contribution in [0.5, 0.6) is 0 Å². The lowest BCUT2D eigenvalue weighted by molar-refractivity contribution is -0.112. The number of fused-ring (bicyclic) bond motifs is 1. The third kappa shape index (κ3) is 4.99. The van der Waals surface area contributed by atoms with Gasteiger partial charge in [-0.15, -0.1) is 0 Å². The Morgan fingerprint density at radius 2 is 2.00 bits per heavy atom. The number of benzene rings is 2. The van der Waals surface area contributed by atoms with Crippen LogP contribution in [0.1, 0.15) is 27.9 Å². The molecule has 0 spiro atoms. The summed E-state index contributed by atoms with van der Waals surface area (Å²) in [6.45, 7) is 3.18. The third-order valence-corrected chi connectivity index (χ3v) is 5.22. The Bertz CT molecular complexity index is 875. The monoisotopic (exact) mass is 382 g/mol. The third-order valence-electron chi connectivity index (χ3n) is 4.12. The second-order valence-corrected chi connectivity index (χ2v) is 7.37. The average molecular weight is 382 g/mol. The van der Waals surface area contributed by atoms with Gasteiger partial charge in [-0.2, -0.15) is 0 Å². The topological polar surface area (TPSA) is 67.4 Å². The smallest absolute Gasteiger partial charge is 0.262 e. The second-order valence-electron chi connectivity index (χ2n) is 6.29. The Morgan fingerprint density at radius 1 is 1.22 bits per heavy atom. The minimum atomic E-state index is -0.161. The van der Waals surface area contributed by atoms with Gasteiger partial charge < -0.3 is 15.4 Å². The van der Waals surface area contributed by atoms with E-state index in [2.05, 4.69) is 10.6 Å². The van der Waals surface area contributed by atoms with Crippen molar-refractivity contribution >= 4 is 35.3 Å². The molecule has 0 unspecified atom stereocenters. The Hall–Kier alpha value is -2.57. The molecule has 0 aliphatic carbocycles. The molecule has 140 valence electrons. The number of anilines is 1. The van der Waals surface area contributed by atoms with Crippen LogP contribution in [-0.4, -0.2) is 32.1 Å². The molecule has 3 rings (SSSR count). The van der Waals surface area contributed by atoms with E-state index in [0.717, 1.165) is 16.9 Å². The Kier molecular flexibility index (Phi) is 6.32. The molecule has 6 heteroatoms. The van der Waals surface area contributed by atoms with Crippen molar-refractivity contribution in [1.29, 1.82) is 0 Å². The molecule has 2 N–H and O–H groups in total. The molecule has 2 aromatic rings. The number of methoxy groups -OCH3 is 1. The van der Waals surface area contributed by atoms with E-state index in [4.69, 9.17) is 4.74 Å². The summed E-state index contributed by atoms with van der Waals surface area (Å²) in [5.74, 6) is -0.320. The Balaban J connectivity index is 1.72. The Labute approximate surface area is 163 Å². The molecule has 1 heterocycles. The van der Waals surface area contributed by atoms with Gasteiger partial charge in [0.1, 0.15) is 0 Å². The van der Waals surface area contributed by atoms with Crippen LogP contribution < -0.4 is 10.6 Å². The van der Waals surface area contributed by atoms with Crippen LogP contribution in [0.15, 0.2) is 52.3 Å². The highest BCUT2D eigenvalue weighted by molar-refractivity contribution is 8.04. The minimum absolute atomic E-state index is 0.158. The number of carbonyl (C=O) groups is 2. The average Bonchev–Trinajstić information content (AvgIpc) is 2.67. The number of carbonyl (C=O) groups excluding carboxylic acids is 2. The molecule has 5 nitrogen and oxygen atoms in total. The number of hydrogen-bond donors (Lipinski definition) is 2. The second kappa shape index (κ2) is 8.88. The van der Waals surface area contributed by atoms with Crippen molar-refractivity contribution < 1.29 is 14.3 Å². The SMILES string of the molecule is COCCCNC(=O)c1ccc2c(c1)NC(=O)C(=Cc1ccc(C)cc1)S2. The lowest BCUT2D eigenvalue weighted by Crippen LogP contribution is -2.25. The van der Waals surface area contributed by atoms with Crippen molar-refractivity contribution in [1.82, 2.24) is 5.32 Å². The maximum atomic E-state index is 12.4. The van der Waals surface area contributed by atoms with Gasteiger partial charge in [0.15, 0.2) is 0 Å². The number of aryl methyl sites for hydroxylation is 1. The zero-order valence-electron chi connectivity index (χ0n) is 15.4. The van der Waals surface area contributed by atoms with Gasteiger partial charge in [0, 0.05) is 30.7 Å². The lowest BCUT2D eigenvalue weighted by atomic mass is 10.1. The predicted octanol–water partition coefficient (Wildman–Crippen LogP) is 3.85. The van der Waals surface area contributed by atoms with Gasteiger partial charge in [-0.25, -0.2) is 0 Å². The van der Waals surface area contributed by atoms with E-state index in [1.54, 1.807) is 19.2 Å². The first-order valence-electron chi connectivity index (χ1n) is 8.75. The first-order chi connectivity index (χ1) is 13.1. The van der Waals surface area contributed by atoms with E-state index < -0.39 is 0 Å². The largest absolute Gasteiger partial charge is 0.385 e. The molecule has 2 amide bonds. The number of nitrogens with one attached hydrogen (secondary N) is 2. The fraction of sp³-hybridized carbons (Fsp3) is 0.238. The van der Waals surface area contributed by atoms with Crippen LogP contribution >= 0.6 is 11.8 Å². The zero-order valence-corrected chi connectivity index (χ0v) is 16.2. The normalized spacial score (nSPS) is 14.6. The molecule has 0 aromatic heterocycles. The van der Waals surface area contributed by atoms with Crippen molar-refractivity contribution in [3.63, 3.8) is 0 Å². The molecule has 0 atom stereocenters. The summed E-state index contributed by atoms with van der Waals surface area (Å²) in [6.07, 6.45) is 2.63. The molecular formula is C21H22N2O3S. The number of amides is 2. The van der Waals surface area contributed by atoms with E-state index in [-0.39, 0.29) is 11.8 Å². The standard InChI is InChI=1S/C21H22N2O3S/c1-14-4-6-15(7-5-14)12-19-21(25)23-17-13-16(8-9-18(17)27-19)20(24)22-10-3-11-26-2/h4-9,12-13H,3,10-11H2,1-2H3,(H,22,24)(H,23,25). The van der Waals surface area contributed by atoms with Crippen LogP contribution in [0.3, 0.4) is 0 Å². The molecular weight excluding hydrogens is 360 g/mol. The molecule has 2 aromatic carbocycles. The van der Waals surface area contributed by atoms with Gasteiger partial charge in [-0.1, -0.05) is 41.6 Å². The van der Waals surface area contributed by atoms with Gasteiger partial charge in [0.2, 0.25) is 0 Å². The van der Waals surface area contributed by atoms with Crippen LogP contribution in [0, 0.1) is 6.92 Å². The van der Waals surface area contributed by atoms with E-state index in [9.17, 15) is 9.59 Å². The van der Waals surface area contributed by atoms with Gasteiger partial charge in [0.05, 0.1) is 10.6 Å². The summed E-state index contributed by atoms with van der Waals surface area (Å²) in [5.41, 5.74) is 3.35. The van der Waals surface area contributed by atoms with E-state index in [1.165, 1.54) is 17.3 Å². The summed E-state index contributed by atoms with van der Waals surface area (Å²) in [7, 11) is 1.63. The highest BCUT2D eigenvalue weighted by Crippen LogP contribution is 2.39. The van der Waals surface area contributed by atoms with Gasteiger partial charge in [0.25, 0.3) is 11.8 Å². The van der Waals surface area contributed by atoms with E-state index in [1.807, 2.05) is 43.3 Å². The molecule has 0 saturated heterocycles. The molecule has 0 radical (unpaired) electrons. The maximum absolute atomic E-state index is 12.4. The number of rotatable bonds is 6. The first kappa shape index (κ1) is 19.2. The molecule has 1 aliphatic heterocycles. The fourth-order valence-corrected chi connectivity index (χ4v) is 3.57. The fourth-order valence-electron chi connectivity index (χ4n) is 2.64. The van der Waals surface area contributed by atoms with Crippen molar-refractivity contribution in [2.45, 2.75) is 18.2 Å². The van der Waals surface area contributed by atoms with Crippen LogP contribution in [-0.2, 0) is 9.53 Å². The molecule has 1 aliphatic rings. The maximum Gasteiger partial charge on any atom is 0.262 e. The number of hydrogen-bond acceptors (Lipinski definition) is 4. The summed E-state index contributed by atoms with van der Waals surface area (Å²) < 4.78 is 4.97. The molecule has 27 heavy (non-hydrogen) atoms. The van der Waals surface area contributed by atoms with Crippen LogP contribution in [0.25, 0.3) is 6.08 Å². The van der Waals surface area contributed by atoms with Crippen molar-refractivity contribution in [2.24, 2.45) is 0 Å². The summed E-state index contributed by atoms with van der Waals surface area (Å²) >= 11 is 1.41. The van der Waals surface area contributed by atoms with E-state index in [0.29, 0.717) is 29.3 Å². The summed E-state index contributed by atoms with van der Waals surface area (Å²) in [4.78, 5) is 26.2. The summed E-state index contributed by atoms with van der Waals surface area (Å²) in [5, 5.41) is 5.73. The van der Waals surface area contributed by atoms with Crippen molar-refractivity contribution in [2.75, 3.05) is 25.6 Å². The highest BCUT2D eigenvalue weighted by atomic mass is 32.2. The van der Waals surface area contributed by atoms with Crippen LogP contribution in [0.2, 0.25) is 0 Å². The van der Waals surface area contributed by atoms with E-state index >= 15 is 0 Å². The van der Waals surface area contributed by atoms with Crippen molar-refractivity contribution in [3.05, 3.63) is 64.1 Å². The lowest BCUT2D eigenvalue weighted by Gasteiger charge is -2.19. The van der Waals surface area contributed by atoms with Gasteiger partial charge in [-0.3, -0.25) is 9.59 Å². The number of ether oxygens (including phenoxy) is 1. The minimum Gasteiger partial charge on any atom is -0.385 e. The first-order valence-corrected chi connectivity index (χ1v) is 9.57.